The lowest BCUT2D eigenvalue weighted by Gasteiger charge is -2.21. The summed E-state index contributed by atoms with van der Waals surface area (Å²) in [4.78, 5) is 0. The summed E-state index contributed by atoms with van der Waals surface area (Å²) in [5, 5.41) is 13.3. The van der Waals surface area contributed by atoms with E-state index in [1.165, 1.54) is 6.07 Å². The summed E-state index contributed by atoms with van der Waals surface area (Å²) in [6.07, 6.45) is 1.37. The molecule has 2 nitrogen and oxygen atoms in total. The van der Waals surface area contributed by atoms with Crippen LogP contribution in [0.2, 0.25) is 0 Å². The van der Waals surface area contributed by atoms with Gasteiger partial charge in [-0.15, -0.1) is 0 Å². The Morgan fingerprint density at radius 1 is 1.53 bits per heavy atom. The maximum absolute atomic E-state index is 13.0. The number of aliphatic hydroxyl groups is 1. The second-order valence-electron chi connectivity index (χ2n) is 4.41. The quantitative estimate of drug-likeness (QED) is 0.771. The van der Waals surface area contributed by atoms with E-state index in [1.807, 2.05) is 6.07 Å². The third-order valence-corrected chi connectivity index (χ3v) is 2.98. The van der Waals surface area contributed by atoms with E-state index in [-0.39, 0.29) is 5.82 Å². The molecule has 1 unspecified atom stereocenters. The summed E-state index contributed by atoms with van der Waals surface area (Å²) in [5.74, 6) is -0.185. The first-order valence-corrected chi connectivity index (χ1v) is 5.27. The van der Waals surface area contributed by atoms with Crippen molar-refractivity contribution >= 4 is 0 Å². The Kier molecular flexibility index (Phi) is 2.76. The first-order chi connectivity index (χ1) is 7.09. The van der Waals surface area contributed by atoms with E-state index in [0.29, 0.717) is 18.5 Å². The van der Waals surface area contributed by atoms with Gasteiger partial charge in [0.25, 0.3) is 0 Å². The standard InChI is InChI=1S/C12H16FNO/c1-9-6-10(2-3-11(9)13)7-12(15)4-5-14-8-12/h2-3,6,14-15H,4-5,7-8H2,1H3. The predicted octanol–water partition coefficient (Wildman–Crippen LogP) is 1.40. The molecule has 82 valence electrons. The van der Waals surface area contributed by atoms with Crippen LogP contribution >= 0.6 is 0 Å². The lowest BCUT2D eigenvalue weighted by atomic mass is 9.93. The summed E-state index contributed by atoms with van der Waals surface area (Å²) >= 11 is 0. The number of nitrogens with one attached hydrogen (secondary N) is 1. The zero-order valence-corrected chi connectivity index (χ0v) is 8.89. The van der Waals surface area contributed by atoms with Crippen molar-refractivity contribution < 1.29 is 9.50 Å². The number of hydrogen-bond donors (Lipinski definition) is 2. The fraction of sp³-hybridized carbons (Fsp3) is 0.500. The van der Waals surface area contributed by atoms with Crippen molar-refractivity contribution in [3.8, 4) is 0 Å². The number of β-amino-alcohol motifs (C(OH)–C–C–N with tert-alkyl or cyclic N) is 1. The Hall–Kier alpha value is -0.930. The van der Waals surface area contributed by atoms with Gasteiger partial charge in [-0.25, -0.2) is 4.39 Å². The normalized spacial score (nSPS) is 25.8. The van der Waals surface area contributed by atoms with Crippen LogP contribution in [0.1, 0.15) is 17.5 Å². The zero-order valence-electron chi connectivity index (χ0n) is 8.89. The molecule has 1 atom stereocenters. The molecule has 1 aromatic carbocycles. The second-order valence-corrected chi connectivity index (χ2v) is 4.41. The van der Waals surface area contributed by atoms with Crippen LogP contribution in [0.5, 0.6) is 0 Å². The highest BCUT2D eigenvalue weighted by Gasteiger charge is 2.30. The van der Waals surface area contributed by atoms with Crippen LogP contribution in [-0.2, 0) is 6.42 Å². The van der Waals surface area contributed by atoms with E-state index in [4.69, 9.17) is 0 Å². The molecule has 1 aliphatic heterocycles. The highest BCUT2D eigenvalue weighted by Crippen LogP contribution is 2.21. The Balaban J connectivity index is 2.13. The molecule has 1 aliphatic rings. The van der Waals surface area contributed by atoms with Crippen molar-refractivity contribution in [3.63, 3.8) is 0 Å². The van der Waals surface area contributed by atoms with Crippen molar-refractivity contribution in [2.24, 2.45) is 0 Å². The molecule has 2 N–H and O–H groups in total. The monoisotopic (exact) mass is 209 g/mol. The van der Waals surface area contributed by atoms with Gasteiger partial charge < -0.3 is 10.4 Å². The highest BCUT2D eigenvalue weighted by atomic mass is 19.1. The van der Waals surface area contributed by atoms with Gasteiger partial charge >= 0.3 is 0 Å². The van der Waals surface area contributed by atoms with Gasteiger partial charge in [-0.1, -0.05) is 12.1 Å². The molecule has 0 spiro atoms. The smallest absolute Gasteiger partial charge is 0.126 e. The van der Waals surface area contributed by atoms with E-state index in [9.17, 15) is 9.50 Å². The van der Waals surface area contributed by atoms with Crippen molar-refractivity contribution in [1.82, 2.24) is 5.32 Å². The SMILES string of the molecule is Cc1cc(CC2(O)CCNC2)ccc1F. The van der Waals surface area contributed by atoms with E-state index >= 15 is 0 Å². The maximum atomic E-state index is 13.0. The molecule has 1 aromatic rings. The zero-order chi connectivity index (χ0) is 10.9. The van der Waals surface area contributed by atoms with Crippen LogP contribution in [0.15, 0.2) is 18.2 Å². The molecular formula is C12H16FNO. The van der Waals surface area contributed by atoms with Gasteiger partial charge in [0.05, 0.1) is 5.60 Å². The third kappa shape index (κ3) is 2.36. The molecule has 2 rings (SSSR count). The average Bonchev–Trinajstić information content (AvgIpc) is 2.59. The molecule has 0 radical (unpaired) electrons. The molecule has 0 saturated carbocycles. The molecule has 0 aliphatic carbocycles. The van der Waals surface area contributed by atoms with Gasteiger partial charge in [-0.05, 0) is 37.1 Å². The van der Waals surface area contributed by atoms with Gasteiger partial charge in [0.1, 0.15) is 5.82 Å². The summed E-state index contributed by atoms with van der Waals surface area (Å²) in [5.41, 5.74) is 0.992. The van der Waals surface area contributed by atoms with Crippen molar-refractivity contribution in [1.29, 1.82) is 0 Å². The van der Waals surface area contributed by atoms with Crippen molar-refractivity contribution in [3.05, 3.63) is 35.1 Å². The van der Waals surface area contributed by atoms with Crippen LogP contribution in [0, 0.1) is 12.7 Å². The van der Waals surface area contributed by atoms with Crippen LogP contribution in [0.3, 0.4) is 0 Å². The van der Waals surface area contributed by atoms with Crippen molar-refractivity contribution in [2.75, 3.05) is 13.1 Å². The molecule has 0 amide bonds. The largest absolute Gasteiger partial charge is 0.388 e. The Labute approximate surface area is 89.1 Å². The van der Waals surface area contributed by atoms with E-state index in [1.54, 1.807) is 13.0 Å². The molecular weight excluding hydrogens is 193 g/mol. The van der Waals surface area contributed by atoms with E-state index in [2.05, 4.69) is 5.32 Å². The second kappa shape index (κ2) is 3.91. The predicted molar refractivity (Wildman–Crippen MR) is 57.3 cm³/mol. The molecule has 15 heavy (non-hydrogen) atoms. The number of benzene rings is 1. The van der Waals surface area contributed by atoms with Gasteiger partial charge in [0.15, 0.2) is 0 Å². The van der Waals surface area contributed by atoms with Crippen LogP contribution in [0.25, 0.3) is 0 Å². The summed E-state index contributed by atoms with van der Waals surface area (Å²) in [6, 6.07) is 5.03. The fourth-order valence-electron chi connectivity index (χ4n) is 2.08. The van der Waals surface area contributed by atoms with Crippen molar-refractivity contribution in [2.45, 2.75) is 25.4 Å². The average molecular weight is 209 g/mol. The Morgan fingerprint density at radius 2 is 2.33 bits per heavy atom. The third-order valence-electron chi connectivity index (χ3n) is 2.98. The molecule has 1 saturated heterocycles. The minimum Gasteiger partial charge on any atom is -0.388 e. The number of rotatable bonds is 2. The molecule has 3 heteroatoms. The highest BCUT2D eigenvalue weighted by molar-refractivity contribution is 5.25. The topological polar surface area (TPSA) is 32.3 Å². The van der Waals surface area contributed by atoms with Crippen LogP contribution < -0.4 is 5.32 Å². The molecule has 1 fully saturated rings. The number of aryl methyl sites for hydroxylation is 1. The van der Waals surface area contributed by atoms with Gasteiger partial charge in [0, 0.05) is 13.0 Å². The van der Waals surface area contributed by atoms with Gasteiger partial charge in [-0.3, -0.25) is 0 Å². The van der Waals surface area contributed by atoms with Gasteiger partial charge in [0.2, 0.25) is 0 Å². The van der Waals surface area contributed by atoms with E-state index in [0.717, 1.165) is 18.5 Å². The lowest BCUT2D eigenvalue weighted by molar-refractivity contribution is 0.0618. The van der Waals surface area contributed by atoms with Crippen LogP contribution in [-0.4, -0.2) is 23.8 Å². The number of halogens is 1. The fourth-order valence-corrected chi connectivity index (χ4v) is 2.08. The summed E-state index contributed by atoms with van der Waals surface area (Å²) < 4.78 is 13.0. The number of hydrogen-bond acceptors (Lipinski definition) is 2. The molecule has 0 aromatic heterocycles. The maximum Gasteiger partial charge on any atom is 0.126 e. The minimum atomic E-state index is -0.649. The van der Waals surface area contributed by atoms with Crippen LogP contribution in [0.4, 0.5) is 4.39 Å². The first-order valence-electron chi connectivity index (χ1n) is 5.27. The lowest BCUT2D eigenvalue weighted by Crippen LogP contribution is -2.33. The molecule has 1 heterocycles. The first kappa shape index (κ1) is 10.6. The van der Waals surface area contributed by atoms with E-state index < -0.39 is 5.60 Å². The molecule has 0 bridgehead atoms. The Bertz CT molecular complexity index is 359. The van der Waals surface area contributed by atoms with Gasteiger partial charge in [-0.2, -0.15) is 0 Å². The summed E-state index contributed by atoms with van der Waals surface area (Å²) in [6.45, 7) is 3.23. The Morgan fingerprint density at radius 3 is 2.93 bits per heavy atom. The minimum absolute atomic E-state index is 0.185. The summed E-state index contributed by atoms with van der Waals surface area (Å²) in [7, 11) is 0.